The van der Waals surface area contributed by atoms with Crippen molar-refractivity contribution in [3.8, 4) is 0 Å². The van der Waals surface area contributed by atoms with Crippen molar-refractivity contribution in [3.63, 3.8) is 0 Å². The lowest BCUT2D eigenvalue weighted by molar-refractivity contribution is 0.0447. The summed E-state index contributed by atoms with van der Waals surface area (Å²) in [4.78, 5) is 2.50. The summed E-state index contributed by atoms with van der Waals surface area (Å²) in [6.07, 6.45) is 4.34. The number of nitrogens with one attached hydrogen (secondary N) is 1. The van der Waals surface area contributed by atoms with Gasteiger partial charge in [-0.15, -0.1) is 0 Å². The third-order valence-corrected chi connectivity index (χ3v) is 5.47. The van der Waals surface area contributed by atoms with E-state index in [0.29, 0.717) is 17.7 Å². The molecular formula is C15H32N2O2S. The SMILES string of the molecule is CCC1(C)CNC(CC(C)C)CN1CCCS(C)(=O)=O. The van der Waals surface area contributed by atoms with Crippen molar-refractivity contribution < 1.29 is 8.42 Å². The summed E-state index contributed by atoms with van der Waals surface area (Å²) >= 11 is 0. The molecule has 1 rings (SSSR count). The van der Waals surface area contributed by atoms with E-state index in [2.05, 4.69) is 37.9 Å². The van der Waals surface area contributed by atoms with Gasteiger partial charge in [0, 0.05) is 30.9 Å². The Hall–Kier alpha value is -0.130. The van der Waals surface area contributed by atoms with Crippen LogP contribution in [-0.2, 0) is 9.84 Å². The van der Waals surface area contributed by atoms with E-state index < -0.39 is 9.84 Å². The van der Waals surface area contributed by atoms with Gasteiger partial charge in [0.05, 0.1) is 5.75 Å². The molecule has 0 aromatic carbocycles. The van der Waals surface area contributed by atoms with Crippen LogP contribution < -0.4 is 5.32 Å². The zero-order valence-corrected chi connectivity index (χ0v) is 14.6. The van der Waals surface area contributed by atoms with Gasteiger partial charge in [-0.2, -0.15) is 0 Å². The van der Waals surface area contributed by atoms with Gasteiger partial charge < -0.3 is 5.32 Å². The van der Waals surface area contributed by atoms with E-state index in [1.165, 1.54) is 12.7 Å². The molecule has 0 aromatic heterocycles. The highest BCUT2D eigenvalue weighted by Crippen LogP contribution is 2.25. The summed E-state index contributed by atoms with van der Waals surface area (Å²) in [6, 6.07) is 0.535. The van der Waals surface area contributed by atoms with Crippen LogP contribution in [0.4, 0.5) is 0 Å². The van der Waals surface area contributed by atoms with Gasteiger partial charge in [0.15, 0.2) is 0 Å². The molecule has 0 saturated carbocycles. The molecule has 1 saturated heterocycles. The van der Waals surface area contributed by atoms with Crippen LogP contribution in [-0.4, -0.2) is 56.5 Å². The number of hydrogen-bond donors (Lipinski definition) is 1. The maximum atomic E-state index is 11.3. The van der Waals surface area contributed by atoms with Crippen LogP contribution >= 0.6 is 0 Å². The second-order valence-electron chi connectivity index (χ2n) is 6.99. The molecule has 0 radical (unpaired) electrons. The Balaban J connectivity index is 2.60. The molecule has 1 aliphatic heterocycles. The fourth-order valence-electron chi connectivity index (χ4n) is 2.98. The summed E-state index contributed by atoms with van der Waals surface area (Å²) in [5.74, 6) is 0.988. The van der Waals surface area contributed by atoms with Crippen molar-refractivity contribution in [3.05, 3.63) is 0 Å². The second-order valence-corrected chi connectivity index (χ2v) is 9.25. The Morgan fingerprint density at radius 3 is 2.55 bits per heavy atom. The first-order chi connectivity index (χ1) is 9.16. The maximum absolute atomic E-state index is 11.3. The van der Waals surface area contributed by atoms with Crippen LogP contribution in [0.15, 0.2) is 0 Å². The van der Waals surface area contributed by atoms with Crippen LogP contribution in [0.5, 0.6) is 0 Å². The zero-order valence-electron chi connectivity index (χ0n) is 13.8. The van der Waals surface area contributed by atoms with E-state index in [4.69, 9.17) is 0 Å². The van der Waals surface area contributed by atoms with Crippen molar-refractivity contribution in [1.82, 2.24) is 10.2 Å². The third-order valence-electron chi connectivity index (χ3n) is 4.44. The first kappa shape index (κ1) is 17.9. The molecule has 1 heterocycles. The van der Waals surface area contributed by atoms with Crippen molar-refractivity contribution in [2.45, 2.75) is 58.5 Å². The summed E-state index contributed by atoms with van der Waals surface area (Å²) in [7, 11) is -2.84. The van der Waals surface area contributed by atoms with Crippen molar-refractivity contribution in [2.24, 2.45) is 5.92 Å². The molecule has 2 atom stereocenters. The van der Waals surface area contributed by atoms with Gasteiger partial charge in [-0.1, -0.05) is 20.8 Å². The minimum atomic E-state index is -2.84. The maximum Gasteiger partial charge on any atom is 0.147 e. The van der Waals surface area contributed by atoms with E-state index in [0.717, 1.165) is 32.5 Å². The summed E-state index contributed by atoms with van der Waals surface area (Å²) in [5, 5.41) is 3.67. The highest BCUT2D eigenvalue weighted by molar-refractivity contribution is 7.90. The van der Waals surface area contributed by atoms with E-state index in [-0.39, 0.29) is 5.54 Å². The Morgan fingerprint density at radius 1 is 1.40 bits per heavy atom. The Labute approximate surface area is 125 Å². The van der Waals surface area contributed by atoms with Crippen LogP contribution in [0.3, 0.4) is 0 Å². The number of nitrogens with zero attached hydrogens (tertiary/aromatic N) is 1. The lowest BCUT2D eigenvalue weighted by atomic mass is 9.90. The van der Waals surface area contributed by atoms with E-state index in [1.54, 1.807) is 0 Å². The summed E-state index contributed by atoms with van der Waals surface area (Å²) in [5.41, 5.74) is 0.158. The van der Waals surface area contributed by atoms with Crippen molar-refractivity contribution >= 4 is 9.84 Å². The first-order valence-corrected chi connectivity index (χ1v) is 9.88. The summed E-state index contributed by atoms with van der Waals surface area (Å²) < 4.78 is 22.6. The van der Waals surface area contributed by atoms with Gasteiger partial charge in [0.2, 0.25) is 0 Å². The molecule has 1 fully saturated rings. The van der Waals surface area contributed by atoms with Gasteiger partial charge in [-0.3, -0.25) is 4.90 Å². The molecule has 0 aliphatic carbocycles. The molecule has 0 spiro atoms. The fourth-order valence-corrected chi connectivity index (χ4v) is 3.63. The van der Waals surface area contributed by atoms with E-state index in [9.17, 15) is 8.42 Å². The predicted molar refractivity (Wildman–Crippen MR) is 85.8 cm³/mol. The Bertz CT molecular complexity index is 395. The van der Waals surface area contributed by atoms with Crippen LogP contribution in [0.25, 0.3) is 0 Å². The molecule has 0 amide bonds. The smallest absolute Gasteiger partial charge is 0.147 e. The van der Waals surface area contributed by atoms with E-state index in [1.807, 2.05) is 0 Å². The molecule has 1 aliphatic rings. The minimum Gasteiger partial charge on any atom is -0.311 e. The number of piperazine rings is 1. The minimum absolute atomic E-state index is 0.158. The Morgan fingerprint density at radius 2 is 2.05 bits per heavy atom. The summed E-state index contributed by atoms with van der Waals surface area (Å²) in [6.45, 7) is 11.9. The highest BCUT2D eigenvalue weighted by atomic mass is 32.2. The standard InChI is InChI=1S/C15H32N2O2S/c1-6-15(4)12-16-14(10-13(2)3)11-17(15)8-7-9-20(5,18)19/h13-14,16H,6-12H2,1-5H3. The second kappa shape index (κ2) is 7.23. The van der Waals surface area contributed by atoms with E-state index >= 15 is 0 Å². The number of rotatable bonds is 7. The molecule has 2 unspecified atom stereocenters. The molecule has 0 bridgehead atoms. The molecule has 5 heteroatoms. The van der Waals surface area contributed by atoms with Gasteiger partial charge in [0.25, 0.3) is 0 Å². The molecule has 4 nitrogen and oxygen atoms in total. The molecule has 1 N–H and O–H groups in total. The monoisotopic (exact) mass is 304 g/mol. The van der Waals surface area contributed by atoms with Crippen LogP contribution in [0.1, 0.15) is 47.0 Å². The molecule has 20 heavy (non-hydrogen) atoms. The zero-order chi connectivity index (χ0) is 15.4. The topological polar surface area (TPSA) is 49.4 Å². The molecular weight excluding hydrogens is 272 g/mol. The van der Waals surface area contributed by atoms with Crippen LogP contribution in [0.2, 0.25) is 0 Å². The van der Waals surface area contributed by atoms with Gasteiger partial charge in [0.1, 0.15) is 9.84 Å². The van der Waals surface area contributed by atoms with Gasteiger partial charge >= 0.3 is 0 Å². The first-order valence-electron chi connectivity index (χ1n) is 7.82. The van der Waals surface area contributed by atoms with Crippen molar-refractivity contribution in [1.29, 1.82) is 0 Å². The average Bonchev–Trinajstić information content (AvgIpc) is 2.31. The van der Waals surface area contributed by atoms with Crippen LogP contribution in [0, 0.1) is 5.92 Å². The lowest BCUT2D eigenvalue weighted by Gasteiger charge is -2.48. The Kier molecular flexibility index (Phi) is 6.48. The molecule has 0 aromatic rings. The largest absolute Gasteiger partial charge is 0.311 e. The number of hydrogen-bond acceptors (Lipinski definition) is 4. The molecule has 120 valence electrons. The fraction of sp³-hybridized carbons (Fsp3) is 1.00. The third kappa shape index (κ3) is 5.70. The predicted octanol–water partition coefficient (Wildman–Crippen LogP) is 1.91. The quantitative estimate of drug-likeness (QED) is 0.780. The number of sulfone groups is 1. The van der Waals surface area contributed by atoms with Gasteiger partial charge in [-0.05, 0) is 38.6 Å². The lowest BCUT2D eigenvalue weighted by Crippen LogP contribution is -2.63. The average molecular weight is 304 g/mol. The van der Waals surface area contributed by atoms with Crippen molar-refractivity contribution in [2.75, 3.05) is 31.6 Å². The normalized spacial score (nSPS) is 29.0. The highest BCUT2D eigenvalue weighted by Gasteiger charge is 2.35. The van der Waals surface area contributed by atoms with Gasteiger partial charge in [-0.25, -0.2) is 8.42 Å².